The molecule has 1 amide bonds. The second-order valence-corrected chi connectivity index (χ2v) is 8.46. The highest BCUT2D eigenvalue weighted by atomic mass is 32.2. The summed E-state index contributed by atoms with van der Waals surface area (Å²) in [5, 5.41) is 2.72. The van der Waals surface area contributed by atoms with Crippen molar-refractivity contribution < 1.29 is 22.7 Å². The van der Waals surface area contributed by atoms with Crippen molar-refractivity contribution in [1.29, 1.82) is 0 Å². The fraction of sp³-hybridized carbons (Fsp3) is 0.182. The Balaban J connectivity index is 1.81. The number of para-hydroxylation sites is 1. The first-order valence-electron chi connectivity index (χ1n) is 9.45. The number of amides is 1. The van der Waals surface area contributed by atoms with E-state index in [1.165, 1.54) is 29.6 Å². The van der Waals surface area contributed by atoms with Gasteiger partial charge in [-0.2, -0.15) is 0 Å². The third-order valence-corrected chi connectivity index (χ3v) is 6.20. The average Bonchev–Trinajstić information content (AvgIpc) is 2.80. The van der Waals surface area contributed by atoms with E-state index in [1.807, 2.05) is 0 Å². The van der Waals surface area contributed by atoms with Crippen molar-refractivity contribution in [2.75, 3.05) is 37.0 Å². The van der Waals surface area contributed by atoms with E-state index in [9.17, 15) is 13.2 Å². The third-order valence-electron chi connectivity index (χ3n) is 4.42. The van der Waals surface area contributed by atoms with E-state index in [0.29, 0.717) is 18.0 Å². The van der Waals surface area contributed by atoms with Crippen molar-refractivity contribution in [3.63, 3.8) is 0 Å². The molecule has 3 aromatic rings. The minimum atomic E-state index is -3.84. The number of hydrogen-bond donors (Lipinski definition) is 1. The molecule has 0 unspecified atom stereocenters. The van der Waals surface area contributed by atoms with Crippen molar-refractivity contribution in [3.8, 4) is 5.88 Å². The molecule has 0 aliphatic heterocycles. The van der Waals surface area contributed by atoms with Crippen LogP contribution in [0.25, 0.3) is 0 Å². The van der Waals surface area contributed by atoms with Gasteiger partial charge in [-0.15, -0.1) is 0 Å². The molecule has 0 saturated heterocycles. The molecular formula is C22H23N3O5S. The van der Waals surface area contributed by atoms with Crippen molar-refractivity contribution in [2.24, 2.45) is 0 Å². The van der Waals surface area contributed by atoms with Gasteiger partial charge in [0.25, 0.3) is 15.9 Å². The molecule has 0 radical (unpaired) electrons. The molecule has 1 N–H and O–H groups in total. The van der Waals surface area contributed by atoms with E-state index < -0.39 is 15.9 Å². The summed E-state index contributed by atoms with van der Waals surface area (Å²) in [6.45, 7) is 0.648. The molecule has 0 atom stereocenters. The molecule has 0 bridgehead atoms. The molecule has 3 rings (SSSR count). The normalized spacial score (nSPS) is 11.0. The number of pyridine rings is 1. The lowest BCUT2D eigenvalue weighted by Crippen LogP contribution is -2.26. The van der Waals surface area contributed by atoms with E-state index in [1.54, 1.807) is 61.8 Å². The van der Waals surface area contributed by atoms with Gasteiger partial charge in [0, 0.05) is 25.9 Å². The first-order valence-corrected chi connectivity index (χ1v) is 10.9. The zero-order chi connectivity index (χ0) is 22.3. The molecule has 162 valence electrons. The van der Waals surface area contributed by atoms with Crippen LogP contribution in [0.5, 0.6) is 5.88 Å². The molecule has 0 spiro atoms. The van der Waals surface area contributed by atoms with Gasteiger partial charge in [0.05, 0.1) is 17.2 Å². The molecule has 2 aromatic carbocycles. The topological polar surface area (TPSA) is 97.8 Å². The first kappa shape index (κ1) is 22.3. The largest absolute Gasteiger partial charge is 0.474 e. The van der Waals surface area contributed by atoms with Gasteiger partial charge in [0.2, 0.25) is 5.88 Å². The van der Waals surface area contributed by atoms with Gasteiger partial charge in [-0.3, -0.25) is 9.10 Å². The Hall–Kier alpha value is -3.43. The van der Waals surface area contributed by atoms with Crippen LogP contribution in [0, 0.1) is 0 Å². The number of benzene rings is 2. The number of nitrogens with zero attached hydrogens (tertiary/aromatic N) is 2. The summed E-state index contributed by atoms with van der Waals surface area (Å²) in [4.78, 5) is 16.9. The molecule has 0 saturated carbocycles. The monoisotopic (exact) mass is 441 g/mol. The number of nitrogens with one attached hydrogen (secondary N) is 1. The number of carbonyl (C=O) groups is 1. The maximum atomic E-state index is 13.0. The summed E-state index contributed by atoms with van der Waals surface area (Å²) in [6, 6.07) is 17.9. The Labute approximate surface area is 181 Å². The lowest BCUT2D eigenvalue weighted by molar-refractivity contribution is 0.102. The number of hydrogen-bond acceptors (Lipinski definition) is 6. The smallest absolute Gasteiger partial charge is 0.264 e. The molecular weight excluding hydrogens is 418 g/mol. The Bertz CT molecular complexity index is 1140. The molecule has 9 heteroatoms. The second-order valence-electron chi connectivity index (χ2n) is 6.49. The summed E-state index contributed by atoms with van der Waals surface area (Å²) >= 11 is 0. The van der Waals surface area contributed by atoms with Crippen molar-refractivity contribution >= 4 is 27.3 Å². The standard InChI is InChI=1S/C22H23N3O5S/c1-25(18-9-4-3-5-10-18)31(27,28)19-11-6-8-17(16-19)21(26)24-20-12-7-13-23-22(20)30-15-14-29-2/h3-13,16H,14-15H2,1-2H3,(H,24,26). The predicted octanol–water partition coefficient (Wildman–Crippen LogP) is 3.18. The fourth-order valence-corrected chi connectivity index (χ4v) is 3.99. The summed E-state index contributed by atoms with van der Waals surface area (Å²) in [7, 11) is -0.816. The Morgan fingerprint density at radius 1 is 1.03 bits per heavy atom. The molecule has 1 heterocycles. The third kappa shape index (κ3) is 5.39. The Kier molecular flexibility index (Phi) is 7.22. The Morgan fingerprint density at radius 3 is 2.55 bits per heavy atom. The Morgan fingerprint density at radius 2 is 1.81 bits per heavy atom. The molecule has 0 fully saturated rings. The van der Waals surface area contributed by atoms with Crippen LogP contribution < -0.4 is 14.4 Å². The molecule has 8 nitrogen and oxygen atoms in total. The van der Waals surface area contributed by atoms with Crippen LogP contribution >= 0.6 is 0 Å². The van der Waals surface area contributed by atoms with Gasteiger partial charge >= 0.3 is 0 Å². The number of carbonyl (C=O) groups excluding carboxylic acids is 1. The van der Waals surface area contributed by atoms with Gasteiger partial charge in [-0.05, 0) is 42.5 Å². The highest BCUT2D eigenvalue weighted by Gasteiger charge is 2.22. The van der Waals surface area contributed by atoms with Crippen LogP contribution in [0.4, 0.5) is 11.4 Å². The van der Waals surface area contributed by atoms with Crippen LogP contribution in [0.15, 0.2) is 77.8 Å². The van der Waals surface area contributed by atoms with Gasteiger partial charge < -0.3 is 14.8 Å². The molecule has 0 aliphatic carbocycles. The van der Waals surface area contributed by atoms with Crippen LogP contribution in [-0.4, -0.2) is 46.7 Å². The maximum absolute atomic E-state index is 13.0. The molecule has 31 heavy (non-hydrogen) atoms. The number of ether oxygens (including phenoxy) is 2. The van der Waals surface area contributed by atoms with Crippen LogP contribution in [-0.2, 0) is 14.8 Å². The van der Waals surface area contributed by atoms with E-state index >= 15 is 0 Å². The maximum Gasteiger partial charge on any atom is 0.264 e. The minimum absolute atomic E-state index is 0.00857. The van der Waals surface area contributed by atoms with Crippen molar-refractivity contribution in [1.82, 2.24) is 4.98 Å². The second kappa shape index (κ2) is 10.1. The summed E-state index contributed by atoms with van der Waals surface area (Å²) in [5.41, 5.74) is 1.08. The summed E-state index contributed by atoms with van der Waals surface area (Å²) < 4.78 is 37.7. The number of aromatic nitrogens is 1. The summed E-state index contributed by atoms with van der Waals surface area (Å²) in [6.07, 6.45) is 1.55. The van der Waals surface area contributed by atoms with Crippen molar-refractivity contribution in [2.45, 2.75) is 4.90 Å². The van der Waals surface area contributed by atoms with E-state index in [4.69, 9.17) is 9.47 Å². The number of rotatable bonds is 9. The molecule has 0 aliphatic rings. The highest BCUT2D eigenvalue weighted by Crippen LogP contribution is 2.24. The van der Waals surface area contributed by atoms with Gasteiger partial charge in [-0.25, -0.2) is 13.4 Å². The number of methoxy groups -OCH3 is 1. The zero-order valence-electron chi connectivity index (χ0n) is 17.2. The van der Waals surface area contributed by atoms with E-state index in [-0.39, 0.29) is 22.9 Å². The van der Waals surface area contributed by atoms with Gasteiger partial charge in [0.1, 0.15) is 12.3 Å². The van der Waals surface area contributed by atoms with Crippen LogP contribution in [0.2, 0.25) is 0 Å². The quantitative estimate of drug-likeness (QED) is 0.512. The van der Waals surface area contributed by atoms with Crippen LogP contribution in [0.1, 0.15) is 10.4 Å². The zero-order valence-corrected chi connectivity index (χ0v) is 18.0. The van der Waals surface area contributed by atoms with Gasteiger partial charge in [-0.1, -0.05) is 24.3 Å². The molecule has 1 aromatic heterocycles. The predicted molar refractivity (Wildman–Crippen MR) is 118 cm³/mol. The number of anilines is 2. The average molecular weight is 442 g/mol. The van der Waals surface area contributed by atoms with Crippen LogP contribution in [0.3, 0.4) is 0 Å². The number of sulfonamides is 1. The minimum Gasteiger partial charge on any atom is -0.474 e. The van der Waals surface area contributed by atoms with Gasteiger partial charge in [0.15, 0.2) is 0 Å². The lowest BCUT2D eigenvalue weighted by atomic mass is 10.2. The fourth-order valence-electron chi connectivity index (χ4n) is 2.75. The highest BCUT2D eigenvalue weighted by molar-refractivity contribution is 7.92. The summed E-state index contributed by atoms with van der Waals surface area (Å²) in [5.74, 6) is -0.232. The van der Waals surface area contributed by atoms with E-state index in [0.717, 1.165) is 0 Å². The first-order chi connectivity index (χ1) is 14.9. The van der Waals surface area contributed by atoms with Crippen molar-refractivity contribution in [3.05, 3.63) is 78.5 Å². The SMILES string of the molecule is COCCOc1ncccc1NC(=O)c1cccc(S(=O)(=O)N(C)c2ccccc2)c1. The lowest BCUT2D eigenvalue weighted by Gasteiger charge is -2.19. The van der Waals surface area contributed by atoms with E-state index in [2.05, 4.69) is 10.3 Å².